The number of piperazine rings is 1. The average molecular weight is 225 g/mol. The lowest BCUT2D eigenvalue weighted by Gasteiger charge is -2.34. The third-order valence-electron chi connectivity index (χ3n) is 3.36. The van der Waals surface area contributed by atoms with Crippen LogP contribution in [0.15, 0.2) is 0 Å². The molecule has 2 atom stereocenters. The summed E-state index contributed by atoms with van der Waals surface area (Å²) in [6.07, 6.45) is 3.09. The van der Waals surface area contributed by atoms with E-state index in [0.717, 1.165) is 25.9 Å². The van der Waals surface area contributed by atoms with Crippen molar-refractivity contribution in [3.8, 4) is 0 Å². The fourth-order valence-electron chi connectivity index (χ4n) is 2.55. The largest absolute Gasteiger partial charge is 0.313 e. The van der Waals surface area contributed by atoms with Crippen molar-refractivity contribution in [1.82, 2.24) is 15.5 Å². The number of nitrogens with zero attached hydrogens (tertiary/aromatic N) is 1. The standard InChI is InChI=1S/C11H19N3O2/c1-2-9-11(16)13-10(15)7-14(9)6-8-4-3-5-12-8/h8-9,12H,2-7H2,1H3,(H,13,15,16)/t8-,9?/m0/s1. The zero-order valence-electron chi connectivity index (χ0n) is 9.66. The van der Waals surface area contributed by atoms with Gasteiger partial charge in [-0.05, 0) is 25.8 Å². The molecule has 0 bridgehead atoms. The molecule has 5 nitrogen and oxygen atoms in total. The van der Waals surface area contributed by atoms with E-state index >= 15 is 0 Å². The van der Waals surface area contributed by atoms with Crippen molar-refractivity contribution in [1.29, 1.82) is 0 Å². The van der Waals surface area contributed by atoms with Crippen LogP contribution in [0.3, 0.4) is 0 Å². The van der Waals surface area contributed by atoms with Crippen LogP contribution in [0.2, 0.25) is 0 Å². The lowest BCUT2D eigenvalue weighted by Crippen LogP contribution is -2.59. The molecule has 0 spiro atoms. The molecular weight excluding hydrogens is 206 g/mol. The van der Waals surface area contributed by atoms with E-state index in [9.17, 15) is 9.59 Å². The molecule has 0 saturated carbocycles. The zero-order valence-corrected chi connectivity index (χ0v) is 9.66. The Morgan fingerprint density at radius 2 is 2.25 bits per heavy atom. The van der Waals surface area contributed by atoms with Crippen LogP contribution < -0.4 is 10.6 Å². The van der Waals surface area contributed by atoms with E-state index in [-0.39, 0.29) is 17.9 Å². The predicted molar refractivity (Wildman–Crippen MR) is 59.8 cm³/mol. The van der Waals surface area contributed by atoms with Crippen LogP contribution >= 0.6 is 0 Å². The molecule has 2 rings (SSSR count). The summed E-state index contributed by atoms with van der Waals surface area (Å²) in [6, 6.07) is 0.299. The molecule has 2 aliphatic heterocycles. The highest BCUT2D eigenvalue weighted by Crippen LogP contribution is 2.13. The summed E-state index contributed by atoms with van der Waals surface area (Å²) in [6.45, 7) is 4.19. The summed E-state index contributed by atoms with van der Waals surface area (Å²) in [4.78, 5) is 25.0. The van der Waals surface area contributed by atoms with Gasteiger partial charge in [-0.1, -0.05) is 6.92 Å². The molecule has 2 amide bonds. The topological polar surface area (TPSA) is 61.4 Å². The molecule has 2 fully saturated rings. The minimum atomic E-state index is -0.173. The third kappa shape index (κ3) is 2.41. The van der Waals surface area contributed by atoms with Gasteiger partial charge in [0.2, 0.25) is 11.8 Å². The van der Waals surface area contributed by atoms with Crippen molar-refractivity contribution >= 4 is 11.8 Å². The van der Waals surface area contributed by atoms with Crippen molar-refractivity contribution < 1.29 is 9.59 Å². The van der Waals surface area contributed by atoms with Crippen LogP contribution in [0.5, 0.6) is 0 Å². The second-order valence-electron chi connectivity index (χ2n) is 4.56. The molecule has 2 aliphatic rings. The van der Waals surface area contributed by atoms with E-state index in [1.807, 2.05) is 11.8 Å². The van der Waals surface area contributed by atoms with Crippen molar-refractivity contribution in [3.63, 3.8) is 0 Å². The van der Waals surface area contributed by atoms with Gasteiger partial charge in [0, 0.05) is 12.6 Å². The molecule has 0 aromatic carbocycles. The molecule has 1 unspecified atom stereocenters. The predicted octanol–water partition coefficient (Wildman–Crippen LogP) is -0.525. The van der Waals surface area contributed by atoms with Crippen molar-refractivity contribution in [2.75, 3.05) is 19.6 Å². The SMILES string of the molecule is CCC1C(=O)NC(=O)CN1C[C@@H]1CCCN1. The van der Waals surface area contributed by atoms with Crippen molar-refractivity contribution in [3.05, 3.63) is 0 Å². The van der Waals surface area contributed by atoms with Gasteiger partial charge in [0.25, 0.3) is 0 Å². The molecule has 90 valence electrons. The van der Waals surface area contributed by atoms with Gasteiger partial charge in [-0.2, -0.15) is 0 Å². The smallest absolute Gasteiger partial charge is 0.243 e. The molecular formula is C11H19N3O2. The fourth-order valence-corrected chi connectivity index (χ4v) is 2.55. The van der Waals surface area contributed by atoms with Crippen LogP contribution in [-0.4, -0.2) is 48.4 Å². The summed E-state index contributed by atoms with van der Waals surface area (Å²) >= 11 is 0. The van der Waals surface area contributed by atoms with Gasteiger partial charge >= 0.3 is 0 Å². The molecule has 0 aromatic rings. The molecule has 5 heteroatoms. The van der Waals surface area contributed by atoms with Gasteiger partial charge in [0.1, 0.15) is 0 Å². The molecule has 0 radical (unpaired) electrons. The quantitative estimate of drug-likeness (QED) is 0.634. The summed E-state index contributed by atoms with van der Waals surface area (Å²) < 4.78 is 0. The Hall–Kier alpha value is -0.940. The summed E-state index contributed by atoms with van der Waals surface area (Å²) in [5, 5.41) is 5.79. The van der Waals surface area contributed by atoms with E-state index < -0.39 is 0 Å². The lowest BCUT2D eigenvalue weighted by atomic mass is 10.1. The number of carbonyl (C=O) groups excluding carboxylic acids is 2. The van der Waals surface area contributed by atoms with Gasteiger partial charge in [-0.15, -0.1) is 0 Å². The number of imide groups is 1. The number of carbonyl (C=O) groups is 2. The van der Waals surface area contributed by atoms with Crippen molar-refractivity contribution in [2.24, 2.45) is 0 Å². The van der Waals surface area contributed by atoms with Crippen molar-refractivity contribution in [2.45, 2.75) is 38.3 Å². The normalized spacial score (nSPS) is 31.8. The molecule has 0 aromatic heterocycles. The van der Waals surface area contributed by atoms with E-state index in [1.54, 1.807) is 0 Å². The van der Waals surface area contributed by atoms with Crippen LogP contribution in [0.25, 0.3) is 0 Å². The van der Waals surface area contributed by atoms with Crippen LogP contribution in [0.4, 0.5) is 0 Å². The molecule has 0 aliphatic carbocycles. The Morgan fingerprint density at radius 1 is 1.44 bits per heavy atom. The van der Waals surface area contributed by atoms with Crippen LogP contribution in [0.1, 0.15) is 26.2 Å². The highest BCUT2D eigenvalue weighted by atomic mass is 16.2. The Morgan fingerprint density at radius 3 is 2.88 bits per heavy atom. The first-order valence-electron chi connectivity index (χ1n) is 6.02. The number of rotatable bonds is 3. The Labute approximate surface area is 95.6 Å². The Bertz CT molecular complexity index is 287. The van der Waals surface area contributed by atoms with Gasteiger partial charge in [-0.25, -0.2) is 0 Å². The number of hydrogen-bond acceptors (Lipinski definition) is 4. The van der Waals surface area contributed by atoms with E-state index in [2.05, 4.69) is 10.6 Å². The van der Waals surface area contributed by atoms with Gasteiger partial charge < -0.3 is 5.32 Å². The minimum Gasteiger partial charge on any atom is -0.313 e. The highest BCUT2D eigenvalue weighted by Gasteiger charge is 2.33. The Balaban J connectivity index is 1.98. The minimum absolute atomic E-state index is 0.139. The maximum absolute atomic E-state index is 11.6. The first kappa shape index (κ1) is 11.5. The number of nitrogens with one attached hydrogen (secondary N) is 2. The maximum Gasteiger partial charge on any atom is 0.243 e. The Kier molecular flexibility index (Phi) is 3.56. The third-order valence-corrected chi connectivity index (χ3v) is 3.36. The monoisotopic (exact) mass is 225 g/mol. The maximum atomic E-state index is 11.6. The molecule has 2 saturated heterocycles. The summed E-state index contributed by atoms with van der Waals surface area (Å²) in [7, 11) is 0. The van der Waals surface area contributed by atoms with Gasteiger partial charge in [-0.3, -0.25) is 19.8 Å². The summed E-state index contributed by atoms with van der Waals surface area (Å²) in [5.74, 6) is -0.315. The molecule has 16 heavy (non-hydrogen) atoms. The van der Waals surface area contributed by atoms with Crippen LogP contribution in [0, 0.1) is 0 Å². The highest BCUT2D eigenvalue weighted by molar-refractivity contribution is 6.01. The first-order valence-corrected chi connectivity index (χ1v) is 6.02. The average Bonchev–Trinajstić information content (AvgIpc) is 2.70. The van der Waals surface area contributed by atoms with Crippen LogP contribution in [-0.2, 0) is 9.59 Å². The zero-order chi connectivity index (χ0) is 11.5. The lowest BCUT2D eigenvalue weighted by molar-refractivity contribution is -0.140. The van der Waals surface area contributed by atoms with E-state index in [1.165, 1.54) is 6.42 Å². The second kappa shape index (κ2) is 4.93. The van der Waals surface area contributed by atoms with E-state index in [4.69, 9.17) is 0 Å². The number of amides is 2. The summed E-state index contributed by atoms with van der Waals surface area (Å²) in [5.41, 5.74) is 0. The second-order valence-corrected chi connectivity index (χ2v) is 4.56. The van der Waals surface area contributed by atoms with Gasteiger partial charge in [0.15, 0.2) is 0 Å². The molecule has 2 heterocycles. The number of hydrogen-bond donors (Lipinski definition) is 2. The fraction of sp³-hybridized carbons (Fsp3) is 0.818. The van der Waals surface area contributed by atoms with Gasteiger partial charge in [0.05, 0.1) is 12.6 Å². The first-order chi connectivity index (χ1) is 7.70. The molecule has 2 N–H and O–H groups in total. The van der Waals surface area contributed by atoms with E-state index in [0.29, 0.717) is 12.6 Å².